The third-order valence-corrected chi connectivity index (χ3v) is 3.64. The van der Waals surface area contributed by atoms with E-state index in [0.29, 0.717) is 0 Å². The Morgan fingerprint density at radius 3 is 1.72 bits per heavy atom. The number of fused-ring (bicyclic) bond motifs is 1. The summed E-state index contributed by atoms with van der Waals surface area (Å²) in [6.07, 6.45) is 13.5. The van der Waals surface area contributed by atoms with E-state index in [0.717, 1.165) is 6.42 Å². The zero-order valence-corrected chi connectivity index (χ0v) is 16.9. The number of allylic oxidation sites excluding steroid dienone is 2. The summed E-state index contributed by atoms with van der Waals surface area (Å²) >= 11 is 0. The van der Waals surface area contributed by atoms with Crippen molar-refractivity contribution in [2.24, 2.45) is 0 Å². The molecule has 0 saturated carbocycles. The van der Waals surface area contributed by atoms with E-state index in [1.54, 1.807) is 0 Å². The molecule has 0 nitrogen and oxygen atoms in total. The van der Waals surface area contributed by atoms with E-state index in [4.69, 9.17) is 0 Å². The molecule has 0 aliphatic heterocycles. The summed E-state index contributed by atoms with van der Waals surface area (Å²) in [6, 6.07) is 8.49. The first-order valence-corrected chi connectivity index (χ1v) is 9.41. The molecular formula is C25H34. The normalized spacial score (nSPS) is 10.2. The van der Waals surface area contributed by atoms with Crippen LogP contribution in [-0.4, -0.2) is 0 Å². The monoisotopic (exact) mass is 334 g/mol. The van der Waals surface area contributed by atoms with Crippen molar-refractivity contribution in [2.45, 2.75) is 48.0 Å². The Bertz CT molecular complexity index is 727. The largest absolute Gasteiger partial charge is 0.0984 e. The van der Waals surface area contributed by atoms with E-state index in [2.05, 4.69) is 68.7 Å². The molecule has 0 amide bonds. The smallest absolute Gasteiger partial charge is 0.00991 e. The summed E-state index contributed by atoms with van der Waals surface area (Å²) in [4.78, 5) is 0. The first kappa shape index (κ1) is 22.7. The van der Waals surface area contributed by atoms with Gasteiger partial charge in [-0.2, -0.15) is 0 Å². The molecule has 0 radical (unpaired) electrons. The first-order valence-electron chi connectivity index (χ1n) is 9.41. The Morgan fingerprint density at radius 2 is 1.28 bits per heavy atom. The van der Waals surface area contributed by atoms with Gasteiger partial charge in [0, 0.05) is 0 Å². The fraction of sp³-hybridized carbons (Fsp3) is 0.280. The van der Waals surface area contributed by atoms with E-state index < -0.39 is 0 Å². The topological polar surface area (TPSA) is 0 Å². The Morgan fingerprint density at radius 1 is 0.760 bits per heavy atom. The summed E-state index contributed by atoms with van der Waals surface area (Å²) < 4.78 is 0. The Kier molecular flexibility index (Phi) is 11.8. The fourth-order valence-electron chi connectivity index (χ4n) is 2.73. The van der Waals surface area contributed by atoms with Gasteiger partial charge in [-0.1, -0.05) is 108 Å². The number of benzene rings is 2. The van der Waals surface area contributed by atoms with Crippen LogP contribution in [0.1, 0.15) is 70.2 Å². The van der Waals surface area contributed by atoms with Crippen molar-refractivity contribution < 1.29 is 0 Å². The third kappa shape index (κ3) is 5.32. The first-order chi connectivity index (χ1) is 12.3. The maximum atomic E-state index is 4.02. The van der Waals surface area contributed by atoms with Crippen LogP contribution in [0.4, 0.5) is 0 Å². The predicted molar refractivity (Wildman–Crippen MR) is 121 cm³/mol. The van der Waals surface area contributed by atoms with Crippen LogP contribution in [0, 0.1) is 0 Å². The third-order valence-electron chi connectivity index (χ3n) is 3.64. The molecule has 0 heteroatoms. The minimum absolute atomic E-state index is 1.01. The molecule has 2 rings (SSSR count). The van der Waals surface area contributed by atoms with E-state index >= 15 is 0 Å². The van der Waals surface area contributed by atoms with Crippen molar-refractivity contribution in [2.75, 3.05) is 0 Å². The van der Waals surface area contributed by atoms with E-state index in [1.165, 1.54) is 33.0 Å². The quantitative estimate of drug-likeness (QED) is 0.513. The molecule has 0 spiro atoms. The minimum Gasteiger partial charge on any atom is -0.0984 e. The summed E-state index contributed by atoms with van der Waals surface area (Å²) in [7, 11) is 0. The minimum atomic E-state index is 1.01. The molecule has 0 bridgehead atoms. The average molecular weight is 335 g/mol. The second kappa shape index (κ2) is 13.0. The maximum Gasteiger partial charge on any atom is -0.00991 e. The van der Waals surface area contributed by atoms with Crippen LogP contribution in [0.5, 0.6) is 0 Å². The summed E-state index contributed by atoms with van der Waals surface area (Å²) in [5.41, 5.74) is 4.78. The van der Waals surface area contributed by atoms with Crippen LogP contribution in [-0.2, 0) is 0 Å². The highest BCUT2D eigenvalue weighted by molar-refractivity contribution is 6.02. The van der Waals surface area contributed by atoms with Gasteiger partial charge in [0.15, 0.2) is 0 Å². The lowest BCUT2D eigenvalue weighted by Crippen LogP contribution is -1.94. The van der Waals surface area contributed by atoms with Gasteiger partial charge in [0.2, 0.25) is 0 Å². The number of hydrogen-bond acceptors (Lipinski definition) is 0. The molecule has 2 aromatic rings. The molecule has 0 aliphatic carbocycles. The maximum absolute atomic E-state index is 4.02. The summed E-state index contributed by atoms with van der Waals surface area (Å²) in [6.45, 7) is 20.2. The molecule has 0 fully saturated rings. The molecule has 0 N–H and O–H groups in total. The Labute approximate surface area is 155 Å². The van der Waals surface area contributed by atoms with Gasteiger partial charge in [-0.05, 0) is 46.4 Å². The molecule has 134 valence electrons. The molecule has 0 saturated heterocycles. The van der Waals surface area contributed by atoms with Crippen LogP contribution in [0.15, 0.2) is 49.6 Å². The van der Waals surface area contributed by atoms with Crippen LogP contribution in [0.25, 0.3) is 35.1 Å². The lowest BCUT2D eigenvalue weighted by Gasteiger charge is -2.15. The van der Waals surface area contributed by atoms with Crippen molar-refractivity contribution in [1.82, 2.24) is 0 Å². The van der Waals surface area contributed by atoms with Crippen LogP contribution < -0.4 is 0 Å². The Hall–Kier alpha value is -2.34. The fourth-order valence-corrected chi connectivity index (χ4v) is 2.73. The highest BCUT2D eigenvalue weighted by Crippen LogP contribution is 2.34. The van der Waals surface area contributed by atoms with Gasteiger partial charge in [0.1, 0.15) is 0 Å². The van der Waals surface area contributed by atoms with Gasteiger partial charge in [-0.3, -0.25) is 0 Å². The van der Waals surface area contributed by atoms with Gasteiger partial charge in [0.25, 0.3) is 0 Å². The van der Waals surface area contributed by atoms with Crippen molar-refractivity contribution in [3.63, 3.8) is 0 Å². The molecular weight excluding hydrogens is 300 g/mol. The zero-order valence-electron chi connectivity index (χ0n) is 16.9. The highest BCUT2D eigenvalue weighted by Gasteiger charge is 2.12. The molecule has 25 heavy (non-hydrogen) atoms. The average Bonchev–Trinajstić information content (AvgIpc) is 2.69. The predicted octanol–water partition coefficient (Wildman–Crippen LogP) is 8.63. The summed E-state index contributed by atoms with van der Waals surface area (Å²) in [5, 5.41) is 2.48. The van der Waals surface area contributed by atoms with Crippen molar-refractivity contribution >= 4 is 35.1 Å². The van der Waals surface area contributed by atoms with Gasteiger partial charge in [-0.15, -0.1) is 0 Å². The van der Waals surface area contributed by atoms with Crippen LogP contribution in [0.2, 0.25) is 0 Å². The SMILES string of the molecule is C=Cc1c(/C=C\CC)c(C=C)c2ccccc2c1/C=C\C.CC.CC. The van der Waals surface area contributed by atoms with Crippen LogP contribution in [0.3, 0.4) is 0 Å². The molecule has 2 aromatic carbocycles. The van der Waals surface area contributed by atoms with Crippen molar-refractivity contribution in [1.29, 1.82) is 0 Å². The van der Waals surface area contributed by atoms with Crippen molar-refractivity contribution in [3.8, 4) is 0 Å². The van der Waals surface area contributed by atoms with Crippen LogP contribution >= 0.6 is 0 Å². The lowest BCUT2D eigenvalue weighted by atomic mass is 9.88. The van der Waals surface area contributed by atoms with Gasteiger partial charge in [0.05, 0.1) is 0 Å². The standard InChI is InChI=1S/C21H22.2C2H6/c1-5-9-13-19-16(7-3)18(12-6-2)21-15-11-10-14-20(21)17(19)8-4;2*1-2/h6-15H,3-5H2,1-2H3;2*1-2H3/b12-6-,13-9-;;. The van der Waals surface area contributed by atoms with E-state index in [-0.39, 0.29) is 0 Å². The second-order valence-corrected chi connectivity index (χ2v) is 4.92. The van der Waals surface area contributed by atoms with E-state index in [9.17, 15) is 0 Å². The molecule has 0 heterocycles. The lowest BCUT2D eigenvalue weighted by molar-refractivity contribution is 1.23. The zero-order chi connectivity index (χ0) is 19.2. The molecule has 0 atom stereocenters. The second-order valence-electron chi connectivity index (χ2n) is 4.92. The van der Waals surface area contributed by atoms with Gasteiger partial charge in [-0.25, -0.2) is 0 Å². The number of hydrogen-bond donors (Lipinski definition) is 0. The van der Waals surface area contributed by atoms with Gasteiger partial charge >= 0.3 is 0 Å². The van der Waals surface area contributed by atoms with Crippen molar-refractivity contribution in [3.05, 3.63) is 71.8 Å². The highest BCUT2D eigenvalue weighted by atomic mass is 14.2. The Balaban J connectivity index is 0.00000134. The van der Waals surface area contributed by atoms with Gasteiger partial charge < -0.3 is 0 Å². The summed E-state index contributed by atoms with van der Waals surface area (Å²) in [5.74, 6) is 0. The molecule has 0 aromatic heterocycles. The number of rotatable bonds is 5. The van der Waals surface area contributed by atoms with E-state index in [1.807, 2.05) is 46.8 Å². The molecule has 0 unspecified atom stereocenters. The molecule has 0 aliphatic rings.